The Balaban J connectivity index is 1.24. The van der Waals surface area contributed by atoms with Gasteiger partial charge in [0.25, 0.3) is 0 Å². The van der Waals surface area contributed by atoms with Gasteiger partial charge in [-0.15, -0.1) is 11.8 Å². The van der Waals surface area contributed by atoms with E-state index < -0.39 is 6.10 Å². The third-order valence-corrected chi connectivity index (χ3v) is 7.91. The summed E-state index contributed by atoms with van der Waals surface area (Å²) in [6, 6.07) is 12.8. The molecule has 0 aromatic heterocycles. The molecule has 30 heavy (non-hydrogen) atoms. The predicted molar refractivity (Wildman–Crippen MR) is 121 cm³/mol. The van der Waals surface area contributed by atoms with Crippen molar-refractivity contribution in [2.24, 2.45) is 11.8 Å². The molecule has 2 aromatic rings. The van der Waals surface area contributed by atoms with E-state index >= 15 is 0 Å². The summed E-state index contributed by atoms with van der Waals surface area (Å²) in [7, 11) is 0. The Kier molecular flexibility index (Phi) is 5.69. The van der Waals surface area contributed by atoms with E-state index in [0.29, 0.717) is 11.8 Å². The van der Waals surface area contributed by atoms with Crippen LogP contribution in [0.2, 0.25) is 0 Å². The Labute approximate surface area is 183 Å². The molecular formula is C25H31NO3S. The molecule has 4 nitrogen and oxygen atoms in total. The van der Waals surface area contributed by atoms with Crippen molar-refractivity contribution in [2.45, 2.75) is 49.8 Å². The summed E-state index contributed by atoms with van der Waals surface area (Å²) in [4.78, 5) is 3.74. The number of rotatable bonds is 5. The molecule has 2 fully saturated rings. The summed E-state index contributed by atoms with van der Waals surface area (Å²) in [6.45, 7) is 6.07. The molecule has 1 aliphatic carbocycles. The van der Waals surface area contributed by atoms with E-state index in [2.05, 4.69) is 42.3 Å². The summed E-state index contributed by atoms with van der Waals surface area (Å²) in [5, 5.41) is 10.8. The van der Waals surface area contributed by atoms with Gasteiger partial charge in [0.15, 0.2) is 0 Å². The maximum Gasteiger partial charge on any atom is 0.133 e. The minimum absolute atomic E-state index is 0.115. The molecule has 0 radical (unpaired) electrons. The van der Waals surface area contributed by atoms with Gasteiger partial charge in [-0.05, 0) is 66.7 Å². The van der Waals surface area contributed by atoms with Crippen molar-refractivity contribution in [3.8, 4) is 11.5 Å². The van der Waals surface area contributed by atoms with E-state index in [4.69, 9.17) is 9.47 Å². The van der Waals surface area contributed by atoms with Gasteiger partial charge in [-0.2, -0.15) is 0 Å². The second-order valence-corrected chi connectivity index (χ2v) is 9.87. The number of hydrogen-bond acceptors (Lipinski definition) is 5. The van der Waals surface area contributed by atoms with Crippen LogP contribution < -0.4 is 9.47 Å². The highest BCUT2D eigenvalue weighted by molar-refractivity contribution is 7.98. The highest BCUT2D eigenvalue weighted by atomic mass is 32.2. The van der Waals surface area contributed by atoms with Crippen LogP contribution in [-0.2, 0) is 13.0 Å². The predicted octanol–water partition coefficient (Wildman–Crippen LogP) is 4.30. The number of hydrogen-bond donors (Lipinski definition) is 1. The average molecular weight is 426 g/mol. The quantitative estimate of drug-likeness (QED) is 0.724. The Morgan fingerprint density at radius 3 is 2.83 bits per heavy atom. The van der Waals surface area contributed by atoms with Gasteiger partial charge in [0.1, 0.15) is 17.6 Å². The number of likely N-dealkylation sites (tertiary alicyclic amines) is 1. The molecule has 5 rings (SSSR count). The lowest BCUT2D eigenvalue weighted by Gasteiger charge is -2.35. The minimum atomic E-state index is -0.390. The van der Waals surface area contributed by atoms with Crippen LogP contribution in [0.3, 0.4) is 0 Å². The van der Waals surface area contributed by atoms with E-state index in [-0.39, 0.29) is 6.10 Å². The first-order valence-corrected chi connectivity index (χ1v) is 12.3. The highest BCUT2D eigenvalue weighted by Crippen LogP contribution is 2.40. The summed E-state index contributed by atoms with van der Waals surface area (Å²) in [6.07, 6.45) is 4.38. The smallest absolute Gasteiger partial charge is 0.133 e. The van der Waals surface area contributed by atoms with Crippen LogP contribution in [0.5, 0.6) is 11.5 Å². The SMILES string of the molecule is CSc1c(C)cccc1O[C@@H]1C[C@@H]2CN(Cc3ccc4c(c3)CCO4)C[C@@H]2C[C@H]1O. The largest absolute Gasteiger partial charge is 0.493 e. The van der Waals surface area contributed by atoms with E-state index in [9.17, 15) is 5.11 Å². The second-order valence-electron chi connectivity index (χ2n) is 9.06. The van der Waals surface area contributed by atoms with Crippen molar-refractivity contribution in [3.05, 3.63) is 53.1 Å². The standard InChI is InChI=1S/C25H31NO3S/c1-16-4-3-5-23(25(16)30-2)29-24-12-20-15-26(14-19(20)11-21(24)27)13-17-6-7-22-18(10-17)8-9-28-22/h3-7,10,19-21,24,27H,8-9,11-15H2,1-2H3/t19-,20+,21+,24+/m0/s1. The molecule has 1 saturated carbocycles. The van der Waals surface area contributed by atoms with E-state index in [0.717, 1.165) is 57.0 Å². The fourth-order valence-corrected chi connectivity index (χ4v) is 6.19. The van der Waals surface area contributed by atoms with Crippen molar-refractivity contribution >= 4 is 11.8 Å². The molecule has 0 amide bonds. The van der Waals surface area contributed by atoms with Crippen molar-refractivity contribution in [1.29, 1.82) is 0 Å². The van der Waals surface area contributed by atoms with Gasteiger partial charge in [0.05, 0.1) is 17.6 Å². The van der Waals surface area contributed by atoms with Crippen LogP contribution >= 0.6 is 11.8 Å². The van der Waals surface area contributed by atoms with Crippen LogP contribution in [0.4, 0.5) is 0 Å². The molecule has 3 aliphatic rings. The van der Waals surface area contributed by atoms with Crippen LogP contribution in [0.15, 0.2) is 41.3 Å². The molecule has 1 N–H and O–H groups in total. The minimum Gasteiger partial charge on any atom is -0.493 e. The number of ether oxygens (including phenoxy) is 2. The third-order valence-electron chi connectivity index (χ3n) is 6.98. The Hall–Kier alpha value is -1.69. The molecule has 5 heteroatoms. The first kappa shape index (κ1) is 20.2. The molecule has 2 aromatic carbocycles. The Morgan fingerprint density at radius 1 is 1.17 bits per heavy atom. The van der Waals surface area contributed by atoms with Gasteiger partial charge < -0.3 is 14.6 Å². The lowest BCUT2D eigenvalue weighted by molar-refractivity contribution is -0.0243. The average Bonchev–Trinajstić information content (AvgIpc) is 3.34. The van der Waals surface area contributed by atoms with E-state index in [1.165, 1.54) is 21.6 Å². The normalized spacial score (nSPS) is 28.1. The van der Waals surface area contributed by atoms with Crippen LogP contribution in [0.25, 0.3) is 0 Å². The van der Waals surface area contributed by atoms with Crippen LogP contribution in [0.1, 0.15) is 29.5 Å². The van der Waals surface area contributed by atoms with E-state index in [1.807, 2.05) is 12.1 Å². The molecule has 1 saturated heterocycles. The number of thioether (sulfide) groups is 1. The van der Waals surface area contributed by atoms with Crippen molar-refractivity contribution in [3.63, 3.8) is 0 Å². The van der Waals surface area contributed by atoms with Gasteiger partial charge in [-0.3, -0.25) is 4.90 Å². The summed E-state index contributed by atoms with van der Waals surface area (Å²) in [5.74, 6) is 3.13. The molecule has 0 spiro atoms. The highest BCUT2D eigenvalue weighted by Gasteiger charge is 2.42. The van der Waals surface area contributed by atoms with Gasteiger partial charge in [-0.1, -0.05) is 24.3 Å². The zero-order chi connectivity index (χ0) is 20.7. The first-order chi connectivity index (χ1) is 14.6. The van der Waals surface area contributed by atoms with Crippen LogP contribution in [-0.4, -0.2) is 48.2 Å². The van der Waals surface area contributed by atoms with Gasteiger partial charge in [-0.25, -0.2) is 0 Å². The number of aryl methyl sites for hydroxylation is 1. The van der Waals surface area contributed by atoms with Crippen molar-refractivity contribution in [1.82, 2.24) is 4.90 Å². The maximum absolute atomic E-state index is 10.8. The molecule has 2 heterocycles. The second kappa shape index (κ2) is 8.45. The molecule has 160 valence electrons. The van der Waals surface area contributed by atoms with Crippen LogP contribution in [0, 0.1) is 18.8 Å². The Morgan fingerprint density at radius 2 is 2.00 bits per heavy atom. The first-order valence-electron chi connectivity index (χ1n) is 11.1. The lowest BCUT2D eigenvalue weighted by Crippen LogP contribution is -2.42. The molecule has 4 atom stereocenters. The number of aliphatic hydroxyl groups is 1. The third kappa shape index (κ3) is 3.95. The number of fused-ring (bicyclic) bond motifs is 2. The van der Waals surface area contributed by atoms with Gasteiger partial charge in [0, 0.05) is 26.1 Å². The molecule has 0 bridgehead atoms. The topological polar surface area (TPSA) is 41.9 Å². The Bertz CT molecular complexity index is 917. The lowest BCUT2D eigenvalue weighted by atomic mass is 9.78. The van der Waals surface area contributed by atoms with E-state index in [1.54, 1.807) is 11.8 Å². The van der Waals surface area contributed by atoms with Crippen molar-refractivity contribution in [2.75, 3.05) is 26.0 Å². The molecular weight excluding hydrogens is 394 g/mol. The molecule has 2 aliphatic heterocycles. The zero-order valence-corrected chi connectivity index (χ0v) is 18.7. The number of aliphatic hydroxyl groups excluding tert-OH is 1. The summed E-state index contributed by atoms with van der Waals surface area (Å²) in [5.41, 5.74) is 3.95. The monoisotopic (exact) mass is 425 g/mol. The van der Waals surface area contributed by atoms with Crippen molar-refractivity contribution < 1.29 is 14.6 Å². The molecule has 0 unspecified atom stereocenters. The summed E-state index contributed by atoms with van der Waals surface area (Å²) >= 11 is 1.72. The maximum atomic E-state index is 10.8. The number of nitrogens with zero attached hydrogens (tertiary/aromatic N) is 1. The van der Waals surface area contributed by atoms with Gasteiger partial charge >= 0.3 is 0 Å². The fraction of sp³-hybridized carbons (Fsp3) is 0.520. The fourth-order valence-electron chi connectivity index (χ4n) is 5.48. The zero-order valence-electron chi connectivity index (χ0n) is 17.8. The number of benzene rings is 2. The summed E-state index contributed by atoms with van der Waals surface area (Å²) < 4.78 is 12.0. The van der Waals surface area contributed by atoms with Gasteiger partial charge in [0.2, 0.25) is 0 Å².